The Morgan fingerprint density at radius 2 is 1.57 bits per heavy atom. The number of carbonyl (C=O) groups excluding carboxylic acids is 2. The summed E-state index contributed by atoms with van der Waals surface area (Å²) >= 11 is 2.83. The summed E-state index contributed by atoms with van der Waals surface area (Å²) in [5, 5.41) is 9.11. The molecule has 2 aliphatic rings. The van der Waals surface area contributed by atoms with Crippen LogP contribution in [0.25, 0.3) is 10.8 Å². The van der Waals surface area contributed by atoms with Crippen molar-refractivity contribution in [1.29, 1.82) is 0 Å². The number of para-hydroxylation sites is 1. The number of anilines is 2. The normalized spacial score (nSPS) is 19.6. The van der Waals surface area contributed by atoms with Crippen LogP contribution in [-0.4, -0.2) is 26.8 Å². The number of thioether (sulfide) groups is 2. The molecule has 35 heavy (non-hydrogen) atoms. The van der Waals surface area contributed by atoms with Gasteiger partial charge in [-0.3, -0.25) is 14.5 Å². The molecule has 1 fully saturated rings. The number of aryl methyl sites for hydroxylation is 1. The van der Waals surface area contributed by atoms with Gasteiger partial charge in [0.1, 0.15) is 0 Å². The molecule has 1 atom stereocenters. The molecule has 172 valence electrons. The van der Waals surface area contributed by atoms with Crippen molar-refractivity contribution in [1.82, 2.24) is 0 Å². The first-order valence-corrected chi connectivity index (χ1v) is 13.1. The lowest BCUT2D eigenvalue weighted by Crippen LogP contribution is -2.51. The number of ketones is 1. The van der Waals surface area contributed by atoms with Crippen LogP contribution in [0.4, 0.5) is 11.4 Å². The van der Waals surface area contributed by atoms with Gasteiger partial charge in [0.15, 0.2) is 5.04 Å². The van der Waals surface area contributed by atoms with E-state index in [4.69, 9.17) is 5.10 Å². The molecule has 1 spiro atoms. The number of benzene rings is 4. The van der Waals surface area contributed by atoms with E-state index in [0.717, 1.165) is 27.7 Å². The first-order valence-electron chi connectivity index (χ1n) is 11.3. The van der Waals surface area contributed by atoms with Gasteiger partial charge in [-0.15, -0.1) is 0 Å². The predicted octanol–water partition coefficient (Wildman–Crippen LogP) is 6.29. The Labute approximate surface area is 211 Å². The van der Waals surface area contributed by atoms with Crippen molar-refractivity contribution in [2.75, 3.05) is 15.7 Å². The minimum absolute atomic E-state index is 0.0135. The van der Waals surface area contributed by atoms with E-state index in [2.05, 4.69) is 0 Å². The van der Waals surface area contributed by atoms with Gasteiger partial charge in [-0.1, -0.05) is 84.1 Å². The highest BCUT2D eigenvalue weighted by atomic mass is 32.2. The van der Waals surface area contributed by atoms with Crippen LogP contribution in [0.3, 0.4) is 0 Å². The van der Waals surface area contributed by atoms with Gasteiger partial charge < -0.3 is 0 Å². The van der Waals surface area contributed by atoms with Gasteiger partial charge in [-0.05, 0) is 59.8 Å². The van der Waals surface area contributed by atoms with E-state index in [0.29, 0.717) is 16.4 Å². The maximum absolute atomic E-state index is 13.7. The lowest BCUT2D eigenvalue weighted by molar-refractivity contribution is -0.115. The summed E-state index contributed by atoms with van der Waals surface area (Å²) in [4.78, 5) is 28.7. The molecule has 0 aromatic heterocycles. The summed E-state index contributed by atoms with van der Waals surface area (Å²) in [5.41, 5.74) is 3.31. The van der Waals surface area contributed by atoms with E-state index in [1.807, 2.05) is 109 Å². The van der Waals surface area contributed by atoms with E-state index in [1.165, 1.54) is 23.5 Å². The molecule has 0 aliphatic carbocycles. The van der Waals surface area contributed by atoms with Gasteiger partial charge in [0.25, 0.3) is 0 Å². The minimum atomic E-state index is -0.921. The molecule has 4 aromatic rings. The second-order valence-corrected chi connectivity index (χ2v) is 11.0. The molecule has 0 saturated carbocycles. The molecule has 7 heteroatoms. The molecular formula is C28H21N3O2S2. The summed E-state index contributed by atoms with van der Waals surface area (Å²) in [6, 6.07) is 31.3. The van der Waals surface area contributed by atoms with Crippen molar-refractivity contribution in [2.24, 2.45) is 5.10 Å². The van der Waals surface area contributed by atoms with Gasteiger partial charge in [0, 0.05) is 11.3 Å². The van der Waals surface area contributed by atoms with Gasteiger partial charge >= 0.3 is 0 Å². The third-order valence-corrected chi connectivity index (χ3v) is 8.91. The van der Waals surface area contributed by atoms with Crippen LogP contribution in [0.1, 0.15) is 15.9 Å². The van der Waals surface area contributed by atoms with Crippen molar-refractivity contribution < 1.29 is 9.59 Å². The first kappa shape index (κ1) is 21.9. The number of nitrogens with zero attached hydrogens (tertiary/aromatic N) is 3. The molecule has 5 nitrogen and oxygen atoms in total. The van der Waals surface area contributed by atoms with Gasteiger partial charge in [0.2, 0.25) is 16.0 Å². The molecule has 1 amide bonds. The van der Waals surface area contributed by atoms with E-state index >= 15 is 0 Å². The Hall–Kier alpha value is -3.55. The highest BCUT2D eigenvalue weighted by Gasteiger charge is 2.58. The number of carbonyl (C=O) groups is 2. The Morgan fingerprint density at radius 1 is 0.857 bits per heavy atom. The zero-order chi connectivity index (χ0) is 24.0. The standard InChI is InChI=1S/C28H21N3O2S2/c1-19-11-15-24(16-12-19)31-28(30(25(32)18-34-28)23-9-3-2-4-10-23)35-27(29-31)26(33)22-14-13-20-7-5-6-8-21(20)17-22/h2-17H,18H2,1H3/t28-/m0/s1. The van der Waals surface area contributed by atoms with Gasteiger partial charge in [-0.25, -0.2) is 5.01 Å². The second-order valence-electron chi connectivity index (χ2n) is 8.45. The molecule has 0 unspecified atom stereocenters. The lowest BCUT2D eigenvalue weighted by Gasteiger charge is -2.39. The third-order valence-electron chi connectivity index (χ3n) is 6.10. The predicted molar refractivity (Wildman–Crippen MR) is 146 cm³/mol. The second kappa shape index (κ2) is 8.59. The average Bonchev–Trinajstić information content (AvgIpc) is 3.44. The lowest BCUT2D eigenvalue weighted by atomic mass is 10.0. The van der Waals surface area contributed by atoms with Crippen LogP contribution in [0, 0.1) is 6.92 Å². The molecule has 1 saturated heterocycles. The summed E-state index contributed by atoms with van der Waals surface area (Å²) in [5.74, 6) is 0.139. The van der Waals surface area contributed by atoms with Crippen molar-refractivity contribution >= 4 is 62.4 Å². The summed E-state index contributed by atoms with van der Waals surface area (Å²) in [6.07, 6.45) is 0. The fraction of sp³-hybridized carbons (Fsp3) is 0.107. The van der Waals surface area contributed by atoms with Crippen molar-refractivity contribution in [3.05, 3.63) is 108 Å². The Balaban J connectivity index is 1.45. The Kier molecular flexibility index (Phi) is 5.39. The molecule has 0 bridgehead atoms. The number of hydrazone groups is 1. The summed E-state index contributed by atoms with van der Waals surface area (Å²) in [7, 11) is 0. The number of hydrogen-bond donors (Lipinski definition) is 0. The topological polar surface area (TPSA) is 53.0 Å². The van der Waals surface area contributed by atoms with Crippen molar-refractivity contribution in [3.8, 4) is 0 Å². The molecular weight excluding hydrogens is 474 g/mol. The fourth-order valence-corrected chi connectivity index (χ4v) is 7.16. The minimum Gasteiger partial charge on any atom is -0.286 e. The van der Waals surface area contributed by atoms with Gasteiger partial charge in [-0.2, -0.15) is 5.10 Å². The number of hydrogen-bond acceptors (Lipinski definition) is 6. The Morgan fingerprint density at radius 3 is 2.34 bits per heavy atom. The number of rotatable bonds is 4. The van der Waals surface area contributed by atoms with E-state index in [9.17, 15) is 9.59 Å². The van der Waals surface area contributed by atoms with E-state index in [-0.39, 0.29) is 11.7 Å². The number of amides is 1. The molecule has 2 aliphatic heterocycles. The van der Waals surface area contributed by atoms with Crippen LogP contribution in [0.2, 0.25) is 0 Å². The molecule has 2 heterocycles. The number of Topliss-reactive ketones (excluding diaryl/α,β-unsaturated/α-hetero) is 1. The van der Waals surface area contributed by atoms with Crippen LogP contribution in [0.5, 0.6) is 0 Å². The van der Waals surface area contributed by atoms with Crippen LogP contribution in [0.15, 0.2) is 102 Å². The van der Waals surface area contributed by atoms with Crippen LogP contribution < -0.4 is 9.91 Å². The maximum Gasteiger partial charge on any atom is 0.243 e. The van der Waals surface area contributed by atoms with E-state index < -0.39 is 4.33 Å². The van der Waals surface area contributed by atoms with Gasteiger partial charge in [0.05, 0.1) is 11.4 Å². The highest BCUT2D eigenvalue weighted by Crippen LogP contribution is 2.55. The largest absolute Gasteiger partial charge is 0.286 e. The quantitative estimate of drug-likeness (QED) is 0.312. The molecule has 4 aromatic carbocycles. The zero-order valence-corrected chi connectivity index (χ0v) is 20.6. The zero-order valence-electron chi connectivity index (χ0n) is 18.9. The summed E-state index contributed by atoms with van der Waals surface area (Å²) < 4.78 is -0.921. The Bertz CT molecular complexity index is 1490. The first-order chi connectivity index (χ1) is 17.0. The molecule has 0 N–H and O–H groups in total. The average molecular weight is 496 g/mol. The van der Waals surface area contributed by atoms with E-state index in [1.54, 1.807) is 4.90 Å². The van der Waals surface area contributed by atoms with Crippen LogP contribution >= 0.6 is 23.5 Å². The van der Waals surface area contributed by atoms with Crippen molar-refractivity contribution in [2.45, 2.75) is 11.3 Å². The third kappa shape index (κ3) is 3.72. The maximum atomic E-state index is 13.7. The monoisotopic (exact) mass is 495 g/mol. The highest BCUT2D eigenvalue weighted by molar-refractivity contribution is 8.28. The smallest absolute Gasteiger partial charge is 0.243 e. The molecule has 0 radical (unpaired) electrons. The van der Waals surface area contributed by atoms with Crippen LogP contribution in [-0.2, 0) is 4.79 Å². The van der Waals surface area contributed by atoms with Crippen molar-refractivity contribution in [3.63, 3.8) is 0 Å². The summed E-state index contributed by atoms with van der Waals surface area (Å²) in [6.45, 7) is 2.03. The SMILES string of the molecule is Cc1ccc(N2N=C(C(=O)c3ccc4ccccc4c3)S[C@]23SCC(=O)N3c2ccccc2)cc1. The number of fused-ring (bicyclic) bond motifs is 1. The molecule has 6 rings (SSSR count). The fourth-order valence-electron chi connectivity index (χ4n) is 4.35.